The summed E-state index contributed by atoms with van der Waals surface area (Å²) in [7, 11) is 1.51. The van der Waals surface area contributed by atoms with Crippen molar-refractivity contribution in [1.29, 1.82) is 0 Å². The summed E-state index contributed by atoms with van der Waals surface area (Å²) >= 11 is 0. The van der Waals surface area contributed by atoms with E-state index >= 15 is 0 Å². The average Bonchev–Trinajstić information content (AvgIpc) is 4.16. The fourth-order valence-corrected chi connectivity index (χ4v) is 7.66. The van der Waals surface area contributed by atoms with Crippen LogP contribution in [0.25, 0.3) is 6.08 Å². The Labute approximate surface area is 352 Å². The van der Waals surface area contributed by atoms with E-state index in [9.17, 15) is 42.3 Å². The molecule has 0 bridgehead atoms. The third kappa shape index (κ3) is 12.3. The van der Waals surface area contributed by atoms with Crippen LogP contribution in [0.1, 0.15) is 87.2 Å². The predicted molar refractivity (Wildman–Crippen MR) is 213 cm³/mol. The van der Waals surface area contributed by atoms with Gasteiger partial charge in [-0.1, -0.05) is 42.5 Å². The fourth-order valence-electron chi connectivity index (χ4n) is 7.66. The molecule has 1 heterocycles. The highest BCUT2D eigenvalue weighted by Gasteiger charge is 2.64. The Hall–Kier alpha value is -5.06. The largest absolute Gasteiger partial charge is 0.460 e. The van der Waals surface area contributed by atoms with Gasteiger partial charge < -0.3 is 39.0 Å². The lowest BCUT2D eigenvalue weighted by molar-refractivity contribution is -0.209. The first-order chi connectivity index (χ1) is 28.8. The smallest absolute Gasteiger partial charge is 0.422 e. The van der Waals surface area contributed by atoms with Crippen LogP contribution in [-0.2, 0) is 49.3 Å². The van der Waals surface area contributed by atoms with Crippen molar-refractivity contribution in [3.8, 4) is 0 Å². The summed E-state index contributed by atoms with van der Waals surface area (Å²) in [6, 6.07) is 13.1. The first kappa shape index (κ1) is 45.5. The third-order valence-electron chi connectivity index (χ3n) is 10.9. The number of carbonyl (C=O) groups is 5. The number of benzene rings is 2. The van der Waals surface area contributed by atoms with Crippen LogP contribution in [0.15, 0.2) is 72.3 Å². The molecule has 3 fully saturated rings. The molecule has 13 nitrogen and oxygen atoms in total. The molecule has 2 amide bonds. The molecule has 1 saturated heterocycles. The fraction of sp³-hybridized carbons (Fsp3) is 0.533. The highest BCUT2D eigenvalue weighted by Crippen LogP contribution is 2.59. The topological polar surface area (TPSA) is 167 Å². The Morgan fingerprint density at radius 2 is 1.62 bits per heavy atom. The van der Waals surface area contributed by atoms with Crippen LogP contribution in [0, 0.1) is 11.8 Å². The zero-order chi connectivity index (χ0) is 44.1. The van der Waals surface area contributed by atoms with Crippen molar-refractivity contribution in [1.82, 2.24) is 10.2 Å². The summed E-state index contributed by atoms with van der Waals surface area (Å²) in [5.41, 5.74) is 0.863. The molecule has 330 valence electrons. The minimum Gasteiger partial charge on any atom is -0.460 e. The summed E-state index contributed by atoms with van der Waals surface area (Å²) in [4.78, 5) is 67.7. The van der Waals surface area contributed by atoms with E-state index in [4.69, 9.17) is 18.9 Å². The van der Waals surface area contributed by atoms with Crippen LogP contribution in [0.5, 0.6) is 0 Å². The second-order valence-electron chi connectivity index (χ2n) is 17.1. The number of amides is 2. The number of hydrogen-bond acceptors (Lipinski definition) is 11. The van der Waals surface area contributed by atoms with Gasteiger partial charge in [0, 0.05) is 49.8 Å². The van der Waals surface area contributed by atoms with Gasteiger partial charge in [-0.25, -0.2) is 9.59 Å². The van der Waals surface area contributed by atoms with E-state index in [0.717, 1.165) is 37.3 Å². The number of aliphatic hydroxyl groups excluding tert-OH is 1. The van der Waals surface area contributed by atoms with E-state index in [1.54, 1.807) is 26.8 Å². The number of nitrogens with one attached hydrogen (secondary N) is 1. The summed E-state index contributed by atoms with van der Waals surface area (Å²) in [5.74, 6) is -3.98. The molecule has 6 rings (SSSR count). The molecule has 61 heavy (non-hydrogen) atoms. The first-order valence-corrected chi connectivity index (χ1v) is 20.6. The number of likely N-dealkylation sites (N-methyl/N-ethyl adjacent to an activating group) is 1. The quantitative estimate of drug-likeness (QED) is 0.115. The van der Waals surface area contributed by atoms with Gasteiger partial charge in [0.05, 0.1) is 18.2 Å². The normalized spacial score (nSPS) is 22.0. The number of carbonyl (C=O) groups excluding carboxylic acids is 5. The van der Waals surface area contributed by atoms with Gasteiger partial charge in [0.25, 0.3) is 0 Å². The zero-order valence-corrected chi connectivity index (χ0v) is 34.7. The monoisotopic (exact) mass is 854 g/mol. The minimum atomic E-state index is -4.66. The molecule has 2 N–H and O–H groups in total. The lowest BCUT2D eigenvalue weighted by Crippen LogP contribution is -2.53. The standard InChI is InChI=1S/C45H53F3N2O11/c1-43(2,3)60-38(53)21-19-33(25-51)49-40(54)34(22-28-8-6-5-7-9-28)50(4)41(55)30-23-35(39-36(24-30)59-45(61-39,31-15-16-31)32-17-18-32)58-42(56)29-13-10-27(11-14-29)12-20-37(52)57-26-44(46,47)48/h5-14,20,24,31-36,39,51H,15-19,21-23,25-26H2,1-4H3,(H,49,54)/t33-,34+,35+,36+,39-/m0/s1. The van der Waals surface area contributed by atoms with Crippen molar-refractivity contribution in [2.75, 3.05) is 20.3 Å². The second kappa shape index (κ2) is 18.9. The molecule has 0 unspecified atom stereocenters. The molecule has 0 aromatic heterocycles. The molecule has 3 aliphatic carbocycles. The average molecular weight is 855 g/mol. The number of ether oxygens (including phenoxy) is 5. The molecule has 16 heteroatoms. The van der Waals surface area contributed by atoms with E-state index < -0.39 is 90.9 Å². The summed E-state index contributed by atoms with van der Waals surface area (Å²) < 4.78 is 66.3. The van der Waals surface area contributed by atoms with Gasteiger partial charge in [-0.3, -0.25) is 14.4 Å². The van der Waals surface area contributed by atoms with Gasteiger partial charge in [0.15, 0.2) is 12.4 Å². The number of fused-ring (bicyclic) bond motifs is 1. The van der Waals surface area contributed by atoms with Crippen molar-refractivity contribution >= 4 is 35.8 Å². The SMILES string of the molecule is CN(C(=O)C1=C[C@H]2OC(C3CC3)(C3CC3)O[C@H]2[C@H](OC(=O)c2ccc(C=CC(=O)OCC(F)(F)F)cc2)C1)[C@H](Cc1ccccc1)C(=O)N[C@H](CO)CCC(=O)OC(C)(C)C. The molecule has 2 aromatic rings. The molecule has 2 aromatic carbocycles. The summed E-state index contributed by atoms with van der Waals surface area (Å²) in [6.45, 7) is 3.07. The van der Waals surface area contributed by atoms with E-state index in [1.807, 2.05) is 30.3 Å². The maximum absolute atomic E-state index is 14.6. The lowest BCUT2D eigenvalue weighted by atomic mass is 9.90. The van der Waals surface area contributed by atoms with E-state index in [-0.39, 0.29) is 48.7 Å². The first-order valence-electron chi connectivity index (χ1n) is 20.6. The molecule has 0 radical (unpaired) electrons. The van der Waals surface area contributed by atoms with Gasteiger partial charge in [0.1, 0.15) is 30.0 Å². The summed E-state index contributed by atoms with van der Waals surface area (Å²) in [5, 5.41) is 13.0. The number of rotatable bonds is 17. The highest BCUT2D eigenvalue weighted by molar-refractivity contribution is 5.97. The molecule has 1 aliphatic heterocycles. The Kier molecular flexibility index (Phi) is 14.1. The molecule has 4 aliphatic rings. The van der Waals surface area contributed by atoms with Crippen LogP contribution in [0.3, 0.4) is 0 Å². The Morgan fingerprint density at radius 3 is 2.21 bits per heavy atom. The molecule has 2 saturated carbocycles. The number of aliphatic hydroxyl groups is 1. The number of esters is 3. The Balaban J connectivity index is 1.19. The van der Waals surface area contributed by atoms with Crippen LogP contribution >= 0.6 is 0 Å². The maximum Gasteiger partial charge on any atom is 0.422 e. The van der Waals surface area contributed by atoms with E-state index in [2.05, 4.69) is 10.1 Å². The van der Waals surface area contributed by atoms with Crippen molar-refractivity contribution in [2.45, 2.75) is 120 Å². The van der Waals surface area contributed by atoms with E-state index in [1.165, 1.54) is 42.3 Å². The van der Waals surface area contributed by atoms with Crippen LogP contribution < -0.4 is 5.32 Å². The lowest BCUT2D eigenvalue weighted by Gasteiger charge is -2.34. The highest BCUT2D eigenvalue weighted by atomic mass is 19.4. The molecular weight excluding hydrogens is 801 g/mol. The van der Waals surface area contributed by atoms with Crippen LogP contribution in [0.4, 0.5) is 13.2 Å². The predicted octanol–water partition coefficient (Wildman–Crippen LogP) is 5.63. The van der Waals surface area contributed by atoms with E-state index in [0.29, 0.717) is 5.56 Å². The van der Waals surface area contributed by atoms with Gasteiger partial charge in [-0.05, 0) is 88.3 Å². The number of halogens is 3. The molecule has 5 atom stereocenters. The third-order valence-corrected chi connectivity index (χ3v) is 10.9. The van der Waals surface area contributed by atoms with Crippen molar-refractivity contribution in [2.24, 2.45) is 11.8 Å². The van der Waals surface area contributed by atoms with Crippen LogP contribution in [0.2, 0.25) is 0 Å². The van der Waals surface area contributed by atoms with Gasteiger partial charge in [-0.2, -0.15) is 13.2 Å². The Bertz CT molecular complexity index is 1960. The second-order valence-corrected chi connectivity index (χ2v) is 17.1. The van der Waals surface area contributed by atoms with Crippen molar-refractivity contribution in [3.05, 3.63) is 89.0 Å². The minimum absolute atomic E-state index is 0.0479. The maximum atomic E-state index is 14.6. The van der Waals surface area contributed by atoms with Crippen LogP contribution in [-0.4, -0.2) is 108 Å². The number of nitrogens with zero attached hydrogens (tertiary/aromatic N) is 1. The summed E-state index contributed by atoms with van der Waals surface area (Å²) in [6.07, 6.45) is 0.514. The molecular formula is C45H53F3N2O11. The zero-order valence-electron chi connectivity index (χ0n) is 34.7. The van der Waals surface area contributed by atoms with Crippen molar-refractivity contribution < 1.29 is 65.9 Å². The number of alkyl halides is 3. The van der Waals surface area contributed by atoms with Gasteiger partial charge >= 0.3 is 24.1 Å². The Morgan fingerprint density at radius 1 is 0.967 bits per heavy atom. The molecule has 0 spiro atoms. The number of hydrogen-bond donors (Lipinski definition) is 2. The van der Waals surface area contributed by atoms with Crippen molar-refractivity contribution in [3.63, 3.8) is 0 Å². The van der Waals surface area contributed by atoms with Gasteiger partial charge in [-0.15, -0.1) is 0 Å². The van der Waals surface area contributed by atoms with Gasteiger partial charge in [0.2, 0.25) is 11.8 Å².